The monoisotopic (exact) mass is 203 g/mol. The van der Waals surface area contributed by atoms with Gasteiger partial charge < -0.3 is 5.32 Å². The van der Waals surface area contributed by atoms with Crippen LogP contribution in [0.25, 0.3) is 0 Å². The third-order valence-electron chi connectivity index (χ3n) is 3.48. The number of benzene rings is 1. The molecule has 1 N–H and O–H groups in total. The Morgan fingerprint density at radius 3 is 2.47 bits per heavy atom. The Balaban J connectivity index is 2.28. The average molecular weight is 203 g/mol. The quantitative estimate of drug-likeness (QED) is 0.777. The second kappa shape index (κ2) is 4.36. The Morgan fingerprint density at radius 1 is 1.20 bits per heavy atom. The SMILES string of the molecule is CC[C@@H]1CCN[C@@H]1c1cc(C)cc(C)c1. The molecule has 0 radical (unpaired) electrons. The van der Waals surface area contributed by atoms with Crippen molar-refractivity contribution < 1.29 is 0 Å². The van der Waals surface area contributed by atoms with Crippen LogP contribution in [0.2, 0.25) is 0 Å². The summed E-state index contributed by atoms with van der Waals surface area (Å²) in [6.45, 7) is 7.85. The first-order chi connectivity index (χ1) is 7.20. The molecule has 1 aromatic rings. The molecular weight excluding hydrogens is 182 g/mol. The molecule has 1 nitrogen and oxygen atoms in total. The van der Waals surface area contributed by atoms with Crippen LogP contribution in [-0.2, 0) is 0 Å². The molecule has 0 saturated carbocycles. The maximum atomic E-state index is 3.63. The van der Waals surface area contributed by atoms with E-state index in [9.17, 15) is 0 Å². The van der Waals surface area contributed by atoms with Crippen LogP contribution in [0, 0.1) is 19.8 Å². The largest absolute Gasteiger partial charge is 0.310 e. The molecule has 1 aliphatic rings. The number of aryl methyl sites for hydroxylation is 2. The molecule has 0 aromatic heterocycles. The summed E-state index contributed by atoms with van der Waals surface area (Å²) in [6.07, 6.45) is 2.61. The summed E-state index contributed by atoms with van der Waals surface area (Å²) >= 11 is 0. The number of hydrogen-bond donors (Lipinski definition) is 1. The van der Waals surface area contributed by atoms with Gasteiger partial charge in [-0.15, -0.1) is 0 Å². The fourth-order valence-corrected chi connectivity index (χ4v) is 2.78. The Kier molecular flexibility index (Phi) is 3.11. The zero-order valence-electron chi connectivity index (χ0n) is 10.0. The molecule has 1 aliphatic heterocycles. The first kappa shape index (κ1) is 10.7. The molecule has 2 atom stereocenters. The average Bonchev–Trinajstić information content (AvgIpc) is 2.63. The topological polar surface area (TPSA) is 12.0 Å². The van der Waals surface area contributed by atoms with Crippen molar-refractivity contribution in [1.29, 1.82) is 0 Å². The lowest BCUT2D eigenvalue weighted by Crippen LogP contribution is -2.17. The van der Waals surface area contributed by atoms with Gasteiger partial charge in [0, 0.05) is 6.04 Å². The predicted molar refractivity (Wildman–Crippen MR) is 65.1 cm³/mol. The maximum absolute atomic E-state index is 3.63. The number of hydrogen-bond acceptors (Lipinski definition) is 1. The van der Waals surface area contributed by atoms with E-state index in [1.54, 1.807) is 0 Å². The van der Waals surface area contributed by atoms with Crippen molar-refractivity contribution in [2.45, 2.75) is 39.7 Å². The van der Waals surface area contributed by atoms with Gasteiger partial charge in [-0.25, -0.2) is 0 Å². The summed E-state index contributed by atoms with van der Waals surface area (Å²) in [5, 5.41) is 3.63. The van der Waals surface area contributed by atoms with Gasteiger partial charge in [-0.2, -0.15) is 0 Å². The zero-order valence-corrected chi connectivity index (χ0v) is 10.0. The van der Waals surface area contributed by atoms with Crippen LogP contribution in [0.3, 0.4) is 0 Å². The number of rotatable bonds is 2. The van der Waals surface area contributed by atoms with Crippen molar-refractivity contribution in [3.8, 4) is 0 Å². The van der Waals surface area contributed by atoms with E-state index in [0.29, 0.717) is 6.04 Å². The molecule has 2 rings (SSSR count). The molecule has 0 amide bonds. The van der Waals surface area contributed by atoms with Crippen LogP contribution < -0.4 is 5.32 Å². The predicted octanol–water partition coefficient (Wildman–Crippen LogP) is 3.36. The first-order valence-corrected chi connectivity index (χ1v) is 6.02. The van der Waals surface area contributed by atoms with E-state index in [2.05, 4.69) is 44.3 Å². The van der Waals surface area contributed by atoms with E-state index in [-0.39, 0.29) is 0 Å². The molecule has 1 aromatic carbocycles. The summed E-state index contributed by atoms with van der Waals surface area (Å²) in [5.41, 5.74) is 4.25. The number of nitrogens with one attached hydrogen (secondary N) is 1. The van der Waals surface area contributed by atoms with Gasteiger partial charge in [-0.3, -0.25) is 0 Å². The zero-order chi connectivity index (χ0) is 10.8. The molecule has 1 fully saturated rings. The van der Waals surface area contributed by atoms with Gasteiger partial charge in [-0.05, 0) is 38.3 Å². The normalized spacial score (nSPS) is 25.8. The fourth-order valence-electron chi connectivity index (χ4n) is 2.78. The van der Waals surface area contributed by atoms with Crippen molar-refractivity contribution in [1.82, 2.24) is 5.32 Å². The standard InChI is InChI=1S/C14H21N/c1-4-12-5-6-15-14(12)13-8-10(2)7-11(3)9-13/h7-9,12,14-15H,4-6H2,1-3H3/t12-,14+/m1/s1. The van der Waals surface area contributed by atoms with Crippen molar-refractivity contribution in [2.75, 3.05) is 6.54 Å². The summed E-state index contributed by atoms with van der Waals surface area (Å²) in [5.74, 6) is 0.825. The molecule has 82 valence electrons. The Labute approximate surface area is 92.9 Å². The van der Waals surface area contributed by atoms with E-state index in [0.717, 1.165) is 5.92 Å². The molecule has 0 aliphatic carbocycles. The summed E-state index contributed by atoms with van der Waals surface area (Å²) in [7, 11) is 0. The Hall–Kier alpha value is -0.820. The lowest BCUT2D eigenvalue weighted by atomic mass is 9.90. The lowest BCUT2D eigenvalue weighted by molar-refractivity contribution is 0.449. The molecule has 1 heterocycles. The van der Waals surface area contributed by atoms with Crippen LogP contribution in [0.5, 0.6) is 0 Å². The van der Waals surface area contributed by atoms with E-state index in [1.165, 1.54) is 36.1 Å². The fraction of sp³-hybridized carbons (Fsp3) is 0.571. The van der Waals surface area contributed by atoms with E-state index >= 15 is 0 Å². The van der Waals surface area contributed by atoms with Crippen LogP contribution in [0.4, 0.5) is 0 Å². The minimum absolute atomic E-state index is 0.591. The molecule has 1 heteroatoms. The third kappa shape index (κ3) is 2.23. The molecular formula is C14H21N. The lowest BCUT2D eigenvalue weighted by Gasteiger charge is -2.19. The van der Waals surface area contributed by atoms with Gasteiger partial charge in [0.2, 0.25) is 0 Å². The third-order valence-corrected chi connectivity index (χ3v) is 3.48. The van der Waals surface area contributed by atoms with Crippen molar-refractivity contribution >= 4 is 0 Å². The highest BCUT2D eigenvalue weighted by atomic mass is 14.9. The molecule has 0 unspecified atom stereocenters. The van der Waals surface area contributed by atoms with Crippen LogP contribution in [0.15, 0.2) is 18.2 Å². The van der Waals surface area contributed by atoms with Gasteiger partial charge in [0.1, 0.15) is 0 Å². The summed E-state index contributed by atoms with van der Waals surface area (Å²) < 4.78 is 0. The van der Waals surface area contributed by atoms with Gasteiger partial charge in [-0.1, -0.05) is 42.7 Å². The van der Waals surface area contributed by atoms with E-state index < -0.39 is 0 Å². The van der Waals surface area contributed by atoms with Crippen LogP contribution in [-0.4, -0.2) is 6.54 Å². The van der Waals surface area contributed by atoms with Crippen molar-refractivity contribution in [3.63, 3.8) is 0 Å². The van der Waals surface area contributed by atoms with E-state index in [4.69, 9.17) is 0 Å². The smallest absolute Gasteiger partial charge is 0.0349 e. The molecule has 1 saturated heterocycles. The first-order valence-electron chi connectivity index (χ1n) is 6.02. The highest BCUT2D eigenvalue weighted by Crippen LogP contribution is 2.32. The Bertz CT molecular complexity index is 323. The van der Waals surface area contributed by atoms with Crippen LogP contribution in [0.1, 0.15) is 42.5 Å². The van der Waals surface area contributed by atoms with Crippen LogP contribution >= 0.6 is 0 Å². The van der Waals surface area contributed by atoms with E-state index in [1.807, 2.05) is 0 Å². The molecule has 0 bridgehead atoms. The van der Waals surface area contributed by atoms with Crippen molar-refractivity contribution in [2.24, 2.45) is 5.92 Å². The molecule has 15 heavy (non-hydrogen) atoms. The van der Waals surface area contributed by atoms with Gasteiger partial charge in [0.05, 0.1) is 0 Å². The maximum Gasteiger partial charge on any atom is 0.0349 e. The highest BCUT2D eigenvalue weighted by Gasteiger charge is 2.26. The van der Waals surface area contributed by atoms with Gasteiger partial charge in [0.15, 0.2) is 0 Å². The minimum Gasteiger partial charge on any atom is -0.310 e. The Morgan fingerprint density at radius 2 is 1.87 bits per heavy atom. The summed E-state index contributed by atoms with van der Waals surface area (Å²) in [4.78, 5) is 0. The van der Waals surface area contributed by atoms with Gasteiger partial charge in [0.25, 0.3) is 0 Å². The second-order valence-corrected chi connectivity index (χ2v) is 4.81. The second-order valence-electron chi connectivity index (χ2n) is 4.81. The van der Waals surface area contributed by atoms with Gasteiger partial charge >= 0.3 is 0 Å². The summed E-state index contributed by atoms with van der Waals surface area (Å²) in [6, 6.07) is 7.50. The molecule has 0 spiro atoms. The highest BCUT2D eigenvalue weighted by molar-refractivity contribution is 5.31. The minimum atomic E-state index is 0.591. The van der Waals surface area contributed by atoms with Crippen molar-refractivity contribution in [3.05, 3.63) is 34.9 Å².